The molecule has 3 heterocycles. The van der Waals surface area contributed by atoms with Crippen LogP contribution in [0.25, 0.3) is 0 Å². The van der Waals surface area contributed by atoms with E-state index in [2.05, 4.69) is 18.0 Å². The van der Waals surface area contributed by atoms with E-state index in [4.69, 9.17) is 18.9 Å². The number of ether oxygens (including phenoxy) is 4. The number of esters is 2. The molecule has 3 aliphatic heterocycles. The Kier molecular flexibility index (Phi) is 3.16. The Morgan fingerprint density at radius 3 is 2.79 bits per heavy atom. The van der Waals surface area contributed by atoms with E-state index in [1.807, 2.05) is 6.07 Å². The third kappa shape index (κ3) is 1.91. The summed E-state index contributed by atoms with van der Waals surface area (Å²) in [5.74, 6) is 0.707. The molecule has 7 heteroatoms. The van der Waals surface area contributed by atoms with E-state index >= 15 is 0 Å². The highest BCUT2D eigenvalue weighted by Gasteiger charge is 2.76. The number of nitrogens with zero attached hydrogens (tertiary/aromatic N) is 1. The molecule has 0 aromatic heterocycles. The number of hydrogen-bond acceptors (Lipinski definition) is 7. The monoisotopic (exact) mass is 385 g/mol. The van der Waals surface area contributed by atoms with Crippen LogP contribution in [0.4, 0.5) is 0 Å². The molecule has 6 rings (SSSR count). The number of likely N-dealkylation sites (N-methyl/N-ethyl adjacent to an activating group) is 1. The minimum Gasteiger partial charge on any atom is -0.481 e. The van der Waals surface area contributed by atoms with Crippen LogP contribution < -0.4 is 9.47 Å². The highest BCUT2D eigenvalue weighted by molar-refractivity contribution is 5.73. The van der Waals surface area contributed by atoms with Gasteiger partial charge in [0.05, 0.1) is 6.10 Å². The van der Waals surface area contributed by atoms with E-state index in [0.717, 1.165) is 24.9 Å². The van der Waals surface area contributed by atoms with Crippen molar-refractivity contribution in [2.75, 3.05) is 13.6 Å². The molecule has 1 aromatic rings. The van der Waals surface area contributed by atoms with Gasteiger partial charge >= 0.3 is 11.9 Å². The van der Waals surface area contributed by atoms with Crippen LogP contribution in [0.2, 0.25) is 0 Å². The fourth-order valence-corrected chi connectivity index (χ4v) is 6.51. The van der Waals surface area contributed by atoms with E-state index in [1.54, 1.807) is 0 Å². The molecule has 7 atom stereocenters. The average molecular weight is 385 g/mol. The summed E-state index contributed by atoms with van der Waals surface area (Å²) in [7, 11) is 2.18. The molecule has 1 saturated carbocycles. The van der Waals surface area contributed by atoms with Crippen LogP contribution >= 0.6 is 0 Å². The van der Waals surface area contributed by atoms with Crippen LogP contribution in [0.1, 0.15) is 31.4 Å². The Morgan fingerprint density at radius 2 is 2.04 bits per heavy atom. The molecule has 0 unspecified atom stereocenters. The van der Waals surface area contributed by atoms with E-state index in [1.165, 1.54) is 19.4 Å². The van der Waals surface area contributed by atoms with Gasteiger partial charge in [0.2, 0.25) is 0 Å². The van der Waals surface area contributed by atoms with Crippen LogP contribution in [0.3, 0.4) is 0 Å². The Morgan fingerprint density at radius 1 is 1.21 bits per heavy atom. The second kappa shape index (κ2) is 5.27. The average Bonchev–Trinajstić information content (AvgIpc) is 3.34. The maximum absolute atomic E-state index is 11.8. The SMILES string of the molecule is CC(=O)Oc1ccc2c3c1O[C@@H]1[C@@H](OC(C)=O)[C@H]4O[C@H]4[C@H]4[C@H](C2)N(C)CC[C@@]341. The number of carbonyl (C=O) groups excluding carboxylic acids is 2. The highest BCUT2D eigenvalue weighted by atomic mass is 16.6. The summed E-state index contributed by atoms with van der Waals surface area (Å²) in [6, 6.07) is 4.26. The molecule has 7 nitrogen and oxygen atoms in total. The number of piperidine rings is 1. The molecule has 28 heavy (non-hydrogen) atoms. The van der Waals surface area contributed by atoms with Crippen LogP contribution in [0, 0.1) is 5.92 Å². The van der Waals surface area contributed by atoms with E-state index in [-0.39, 0.29) is 41.6 Å². The highest BCUT2D eigenvalue weighted by Crippen LogP contribution is 2.67. The summed E-state index contributed by atoms with van der Waals surface area (Å²) in [4.78, 5) is 25.9. The molecular weight excluding hydrogens is 362 g/mol. The Hall–Kier alpha value is -2.12. The maximum atomic E-state index is 11.8. The van der Waals surface area contributed by atoms with Gasteiger partial charge in [-0.05, 0) is 38.1 Å². The van der Waals surface area contributed by atoms with Gasteiger partial charge < -0.3 is 23.8 Å². The van der Waals surface area contributed by atoms with Crippen LogP contribution in [0.15, 0.2) is 12.1 Å². The zero-order chi connectivity index (χ0) is 19.4. The standard InChI is InChI=1S/C21H23NO6/c1-9(23)25-13-5-4-11-8-12-15-17-18(27-17)19(26-10(2)24)20-21(15,6-7-22(12)3)14(11)16(13)28-20/h4-5,12,15,17-20H,6-8H2,1-3H3/t12-,15+,17-,18-,19-,20+,21+/m0/s1. The molecule has 2 saturated heterocycles. The van der Waals surface area contributed by atoms with Gasteiger partial charge in [-0.2, -0.15) is 0 Å². The summed E-state index contributed by atoms with van der Waals surface area (Å²) in [6.45, 7) is 3.77. The zero-order valence-electron chi connectivity index (χ0n) is 16.1. The van der Waals surface area contributed by atoms with Crippen molar-refractivity contribution in [2.24, 2.45) is 5.92 Å². The summed E-state index contributed by atoms with van der Waals surface area (Å²) in [6.07, 6.45) is 1.04. The lowest BCUT2D eigenvalue weighted by Gasteiger charge is -2.57. The normalized spacial score (nSPS) is 41.4. The quantitative estimate of drug-likeness (QED) is 0.430. The van der Waals surface area contributed by atoms with Gasteiger partial charge in [0, 0.05) is 36.8 Å². The van der Waals surface area contributed by atoms with Gasteiger partial charge in [-0.1, -0.05) is 6.07 Å². The Balaban J connectivity index is 1.56. The molecule has 0 amide bonds. The van der Waals surface area contributed by atoms with E-state index in [9.17, 15) is 9.59 Å². The van der Waals surface area contributed by atoms with Crippen molar-refractivity contribution in [1.29, 1.82) is 0 Å². The fourth-order valence-electron chi connectivity index (χ4n) is 6.51. The number of carbonyl (C=O) groups is 2. The van der Waals surface area contributed by atoms with Gasteiger partial charge in [0.15, 0.2) is 17.6 Å². The van der Waals surface area contributed by atoms with Gasteiger partial charge in [0.1, 0.15) is 12.2 Å². The molecule has 0 N–H and O–H groups in total. The van der Waals surface area contributed by atoms with Crippen molar-refractivity contribution in [3.05, 3.63) is 23.3 Å². The smallest absolute Gasteiger partial charge is 0.308 e. The van der Waals surface area contributed by atoms with Crippen molar-refractivity contribution in [2.45, 2.75) is 62.6 Å². The molecule has 3 fully saturated rings. The first-order valence-corrected chi connectivity index (χ1v) is 9.96. The van der Waals surface area contributed by atoms with E-state index in [0.29, 0.717) is 17.5 Å². The summed E-state index contributed by atoms with van der Waals surface area (Å²) in [5, 5.41) is 0. The van der Waals surface area contributed by atoms with Crippen molar-refractivity contribution in [1.82, 2.24) is 4.90 Å². The lowest BCUT2D eigenvalue weighted by Crippen LogP contribution is -2.69. The minimum atomic E-state index is -0.439. The molecule has 1 aromatic carbocycles. The number of hydrogen-bond donors (Lipinski definition) is 0. The summed E-state index contributed by atoms with van der Waals surface area (Å²) in [5.41, 5.74) is 2.12. The number of benzene rings is 1. The summed E-state index contributed by atoms with van der Waals surface area (Å²) >= 11 is 0. The van der Waals surface area contributed by atoms with Crippen molar-refractivity contribution in [3.63, 3.8) is 0 Å². The molecule has 5 aliphatic rings. The molecular formula is C21H23NO6. The lowest BCUT2D eigenvalue weighted by molar-refractivity contribution is -0.160. The predicted octanol–water partition coefficient (Wildman–Crippen LogP) is 1.20. The Bertz CT molecular complexity index is 914. The van der Waals surface area contributed by atoms with Gasteiger partial charge in [0.25, 0.3) is 0 Å². The largest absolute Gasteiger partial charge is 0.481 e. The number of likely N-dealkylation sites (tertiary alicyclic amines) is 1. The molecule has 2 bridgehead atoms. The topological polar surface area (TPSA) is 77.6 Å². The van der Waals surface area contributed by atoms with Crippen LogP contribution in [0.5, 0.6) is 11.5 Å². The molecule has 1 spiro atoms. The first-order valence-electron chi connectivity index (χ1n) is 9.96. The molecule has 148 valence electrons. The first-order chi connectivity index (χ1) is 13.4. The number of epoxide rings is 1. The second-order valence-corrected chi connectivity index (χ2v) is 8.77. The number of rotatable bonds is 2. The van der Waals surface area contributed by atoms with E-state index < -0.39 is 6.10 Å². The van der Waals surface area contributed by atoms with Crippen LogP contribution in [-0.4, -0.2) is 60.9 Å². The van der Waals surface area contributed by atoms with Gasteiger partial charge in [-0.3, -0.25) is 9.59 Å². The number of fused-ring (bicyclic) bond motifs is 1. The van der Waals surface area contributed by atoms with Crippen molar-refractivity contribution >= 4 is 11.9 Å². The second-order valence-electron chi connectivity index (χ2n) is 8.77. The first kappa shape index (κ1) is 16.8. The van der Waals surface area contributed by atoms with Crippen molar-refractivity contribution < 1.29 is 28.5 Å². The summed E-state index contributed by atoms with van der Waals surface area (Å²) < 4.78 is 23.8. The van der Waals surface area contributed by atoms with Crippen LogP contribution in [-0.2, 0) is 30.9 Å². The maximum Gasteiger partial charge on any atom is 0.308 e. The van der Waals surface area contributed by atoms with Gasteiger partial charge in [-0.15, -0.1) is 0 Å². The van der Waals surface area contributed by atoms with Gasteiger partial charge in [-0.25, -0.2) is 0 Å². The van der Waals surface area contributed by atoms with Crippen molar-refractivity contribution in [3.8, 4) is 11.5 Å². The Labute approximate surface area is 162 Å². The predicted molar refractivity (Wildman–Crippen MR) is 96.3 cm³/mol. The zero-order valence-corrected chi connectivity index (χ0v) is 16.1. The lowest BCUT2D eigenvalue weighted by atomic mass is 9.51. The minimum absolute atomic E-state index is 0.0773. The third-order valence-electron chi connectivity index (χ3n) is 7.40. The molecule has 0 radical (unpaired) electrons. The molecule has 2 aliphatic carbocycles. The third-order valence-corrected chi connectivity index (χ3v) is 7.40. The fraction of sp³-hybridized carbons (Fsp3) is 0.619.